The minimum absolute atomic E-state index is 0.0926. The molecule has 0 aliphatic carbocycles. The van der Waals surface area contributed by atoms with E-state index in [9.17, 15) is 13.2 Å². The lowest BCUT2D eigenvalue weighted by atomic mass is 10.1. The number of likely N-dealkylation sites (tertiary alicyclic amines) is 1. The summed E-state index contributed by atoms with van der Waals surface area (Å²) in [6.45, 7) is 1.36. The number of guanidine groups is 2. The highest BCUT2D eigenvalue weighted by Crippen LogP contribution is 2.24. The highest BCUT2D eigenvalue weighted by molar-refractivity contribution is 6.20. The molecule has 10 heteroatoms. The van der Waals surface area contributed by atoms with E-state index in [2.05, 4.69) is 14.7 Å². The molecule has 0 unspecified atom stereocenters. The van der Waals surface area contributed by atoms with Crippen molar-refractivity contribution in [3.63, 3.8) is 0 Å². The van der Waals surface area contributed by atoms with Gasteiger partial charge in [0.25, 0.3) is 0 Å². The van der Waals surface area contributed by atoms with Gasteiger partial charge in [-0.05, 0) is 37.1 Å². The largest absolute Gasteiger partial charge is 0.573 e. The third-order valence-electron chi connectivity index (χ3n) is 3.29. The lowest BCUT2D eigenvalue weighted by molar-refractivity contribution is -0.274. The number of aliphatic imine (C=N–C) groups is 2. The number of ether oxygens (including phenoxy) is 1. The minimum Gasteiger partial charge on any atom is -0.406 e. The fourth-order valence-corrected chi connectivity index (χ4v) is 2.34. The van der Waals surface area contributed by atoms with E-state index in [1.165, 1.54) is 12.1 Å². The summed E-state index contributed by atoms with van der Waals surface area (Å²) in [5.41, 5.74) is 11.9. The molecule has 1 fully saturated rings. The Morgan fingerprint density at radius 3 is 2.29 bits per heavy atom. The van der Waals surface area contributed by atoms with Crippen LogP contribution in [0.5, 0.6) is 5.75 Å². The van der Waals surface area contributed by atoms with Crippen LogP contribution in [0.25, 0.3) is 0 Å². The predicted molar refractivity (Wildman–Crippen MR) is 86.5 cm³/mol. The fourth-order valence-electron chi connectivity index (χ4n) is 2.14. The molecule has 1 aromatic carbocycles. The van der Waals surface area contributed by atoms with Crippen molar-refractivity contribution in [1.29, 1.82) is 0 Å². The first-order valence-corrected chi connectivity index (χ1v) is 7.60. The predicted octanol–water partition coefficient (Wildman–Crippen LogP) is 2.55. The van der Waals surface area contributed by atoms with Crippen molar-refractivity contribution in [2.75, 3.05) is 13.1 Å². The van der Waals surface area contributed by atoms with E-state index in [1.807, 2.05) is 4.90 Å². The van der Waals surface area contributed by atoms with Gasteiger partial charge in [0.1, 0.15) is 5.75 Å². The average Bonchev–Trinajstić information content (AvgIpc) is 2.48. The third kappa shape index (κ3) is 5.80. The van der Waals surface area contributed by atoms with Gasteiger partial charge in [0.2, 0.25) is 5.96 Å². The van der Waals surface area contributed by atoms with E-state index >= 15 is 0 Å². The number of rotatable bonds is 2. The number of alkyl halides is 4. The molecular formula is C14H17ClF3N5O. The van der Waals surface area contributed by atoms with Crippen LogP contribution in [0, 0.1) is 0 Å². The van der Waals surface area contributed by atoms with Crippen molar-refractivity contribution in [3.8, 4) is 5.75 Å². The van der Waals surface area contributed by atoms with Crippen molar-refractivity contribution in [3.05, 3.63) is 24.3 Å². The second-order valence-electron chi connectivity index (χ2n) is 5.14. The Morgan fingerprint density at radius 2 is 1.75 bits per heavy atom. The zero-order valence-corrected chi connectivity index (χ0v) is 13.4. The maximum Gasteiger partial charge on any atom is 0.573 e. The number of nitrogens with two attached hydrogens (primary N) is 2. The fraction of sp³-hybridized carbons (Fsp3) is 0.429. The van der Waals surface area contributed by atoms with Gasteiger partial charge in [-0.2, -0.15) is 4.99 Å². The molecule has 1 aliphatic rings. The molecule has 6 nitrogen and oxygen atoms in total. The standard InChI is InChI=1S/C14H17ClF3N5O/c15-9-5-7-23(8-6-9)13(20)22-12(19)21-10-1-3-11(4-2-10)24-14(16,17)18/h1-4,9H,5-8H2,(H4,19,20,21,22). The van der Waals surface area contributed by atoms with Crippen LogP contribution in [-0.4, -0.2) is 41.6 Å². The molecule has 24 heavy (non-hydrogen) atoms. The minimum atomic E-state index is -4.74. The third-order valence-corrected chi connectivity index (χ3v) is 3.73. The van der Waals surface area contributed by atoms with E-state index in [0.29, 0.717) is 18.8 Å². The van der Waals surface area contributed by atoms with E-state index in [1.54, 1.807) is 0 Å². The molecule has 0 bridgehead atoms. The topological polar surface area (TPSA) is 89.2 Å². The van der Waals surface area contributed by atoms with E-state index < -0.39 is 6.36 Å². The average molecular weight is 364 g/mol. The molecule has 132 valence electrons. The molecule has 1 aromatic rings. The number of hydrogen-bond donors (Lipinski definition) is 2. The van der Waals surface area contributed by atoms with Crippen molar-refractivity contribution in [2.24, 2.45) is 21.5 Å². The Hall–Kier alpha value is -2.16. The summed E-state index contributed by atoms with van der Waals surface area (Å²) in [4.78, 5) is 9.83. The molecule has 0 radical (unpaired) electrons. The molecule has 0 spiro atoms. The zero-order chi connectivity index (χ0) is 17.7. The van der Waals surface area contributed by atoms with Crippen LogP contribution >= 0.6 is 11.6 Å². The lowest BCUT2D eigenvalue weighted by Gasteiger charge is -2.29. The van der Waals surface area contributed by atoms with Crippen molar-refractivity contribution < 1.29 is 17.9 Å². The van der Waals surface area contributed by atoms with Crippen LogP contribution in [0.2, 0.25) is 0 Å². The first-order chi connectivity index (χ1) is 11.2. The van der Waals surface area contributed by atoms with Gasteiger partial charge in [-0.1, -0.05) is 0 Å². The summed E-state index contributed by atoms with van der Waals surface area (Å²) in [5.74, 6) is -0.200. The maximum absolute atomic E-state index is 12.1. The Morgan fingerprint density at radius 1 is 1.17 bits per heavy atom. The zero-order valence-electron chi connectivity index (χ0n) is 12.6. The van der Waals surface area contributed by atoms with E-state index in [-0.39, 0.29) is 23.0 Å². The van der Waals surface area contributed by atoms with E-state index in [0.717, 1.165) is 25.0 Å². The molecule has 0 aromatic heterocycles. The monoisotopic (exact) mass is 363 g/mol. The number of nitrogens with zero attached hydrogens (tertiary/aromatic N) is 3. The first kappa shape index (κ1) is 18.2. The van der Waals surface area contributed by atoms with E-state index in [4.69, 9.17) is 23.1 Å². The maximum atomic E-state index is 12.1. The van der Waals surface area contributed by atoms with Gasteiger partial charge >= 0.3 is 6.36 Å². The second-order valence-corrected chi connectivity index (χ2v) is 5.76. The van der Waals surface area contributed by atoms with Crippen LogP contribution < -0.4 is 16.2 Å². The van der Waals surface area contributed by atoms with Gasteiger partial charge in [0.05, 0.1) is 5.69 Å². The smallest absolute Gasteiger partial charge is 0.406 e. The van der Waals surface area contributed by atoms with Crippen molar-refractivity contribution >= 4 is 29.2 Å². The Kier molecular flexibility index (Phi) is 5.76. The summed E-state index contributed by atoms with van der Waals surface area (Å²) in [6, 6.07) is 4.94. The summed E-state index contributed by atoms with van der Waals surface area (Å²) < 4.78 is 40.0. The summed E-state index contributed by atoms with van der Waals surface area (Å²) in [7, 11) is 0. The molecule has 1 aliphatic heterocycles. The van der Waals surface area contributed by atoms with Gasteiger partial charge in [0.15, 0.2) is 5.96 Å². The SMILES string of the molecule is NC(=Nc1ccc(OC(F)(F)F)cc1)/N=C(\N)N1CCC(Cl)CC1. The van der Waals surface area contributed by atoms with Gasteiger partial charge in [-0.25, -0.2) is 4.99 Å². The normalized spacial score (nSPS) is 17.9. The van der Waals surface area contributed by atoms with Gasteiger partial charge in [0, 0.05) is 18.5 Å². The summed E-state index contributed by atoms with van der Waals surface area (Å²) >= 11 is 6.02. The number of hydrogen-bond acceptors (Lipinski definition) is 2. The molecule has 2 rings (SSSR count). The van der Waals surface area contributed by atoms with Crippen LogP contribution in [0.4, 0.5) is 18.9 Å². The Labute approximate surface area is 141 Å². The number of benzene rings is 1. The molecule has 0 amide bonds. The highest BCUT2D eigenvalue weighted by atomic mass is 35.5. The number of piperidine rings is 1. The summed E-state index contributed by atoms with van der Waals surface area (Å²) in [6.07, 6.45) is -3.13. The van der Waals surface area contributed by atoms with Gasteiger partial charge in [-0.3, -0.25) is 0 Å². The molecule has 0 atom stereocenters. The molecular weight excluding hydrogens is 347 g/mol. The quantitative estimate of drug-likeness (QED) is 0.480. The van der Waals surface area contributed by atoms with Crippen LogP contribution in [0.15, 0.2) is 34.3 Å². The van der Waals surface area contributed by atoms with Gasteiger partial charge < -0.3 is 21.1 Å². The van der Waals surface area contributed by atoms with Crippen LogP contribution in [0.3, 0.4) is 0 Å². The second kappa shape index (κ2) is 7.61. The van der Waals surface area contributed by atoms with Crippen LogP contribution in [0.1, 0.15) is 12.8 Å². The van der Waals surface area contributed by atoms with Crippen LogP contribution in [-0.2, 0) is 0 Å². The van der Waals surface area contributed by atoms with Crippen molar-refractivity contribution in [2.45, 2.75) is 24.6 Å². The van der Waals surface area contributed by atoms with Crippen molar-refractivity contribution in [1.82, 2.24) is 4.90 Å². The lowest BCUT2D eigenvalue weighted by Crippen LogP contribution is -2.43. The Balaban J connectivity index is 2.00. The summed E-state index contributed by atoms with van der Waals surface area (Å²) in [5, 5.41) is 0.137. The van der Waals surface area contributed by atoms with Gasteiger partial charge in [-0.15, -0.1) is 24.8 Å². The molecule has 1 heterocycles. The molecule has 1 saturated heterocycles. The number of halogens is 4. The Bertz CT molecular complexity index is 610. The highest BCUT2D eigenvalue weighted by Gasteiger charge is 2.30. The molecule has 0 saturated carbocycles. The first-order valence-electron chi connectivity index (χ1n) is 7.16. The molecule has 4 N–H and O–H groups in total.